The van der Waals surface area contributed by atoms with Crippen LogP contribution in [0, 0.1) is 0 Å². The van der Waals surface area contributed by atoms with Crippen molar-refractivity contribution < 1.29 is 18.3 Å². The van der Waals surface area contributed by atoms with Crippen LogP contribution >= 0.6 is 0 Å². The fourth-order valence-corrected chi connectivity index (χ4v) is 4.56. The smallest absolute Gasteiger partial charge is 0.335 e. The molecule has 7 heteroatoms. The van der Waals surface area contributed by atoms with Gasteiger partial charge in [0.2, 0.25) is 10.0 Å². The van der Waals surface area contributed by atoms with Gasteiger partial charge in [0.25, 0.3) is 0 Å². The average Bonchev–Trinajstić information content (AvgIpc) is 2.75. The molecule has 0 aromatic heterocycles. The summed E-state index contributed by atoms with van der Waals surface area (Å²) in [5, 5.41) is 12.4. The van der Waals surface area contributed by atoms with Gasteiger partial charge in [0.15, 0.2) is 0 Å². The molecule has 3 aromatic carbocycles. The second-order valence-electron chi connectivity index (χ2n) is 6.93. The number of aromatic carboxylic acids is 1. The number of nitrogens with one attached hydrogen (secondary N) is 2. The second-order valence-corrected chi connectivity index (χ2v) is 8.61. The summed E-state index contributed by atoms with van der Waals surface area (Å²) in [7, 11) is -3.97. The first-order valence-electron chi connectivity index (χ1n) is 9.59. The van der Waals surface area contributed by atoms with Crippen LogP contribution in [0.25, 0.3) is 0 Å². The zero-order chi connectivity index (χ0) is 21.6. The molecule has 0 radical (unpaired) electrons. The first-order chi connectivity index (χ1) is 14.4. The van der Waals surface area contributed by atoms with Crippen LogP contribution < -0.4 is 10.0 Å². The van der Waals surface area contributed by atoms with Gasteiger partial charge in [0, 0.05) is 12.6 Å². The molecule has 3 aromatic rings. The molecule has 0 amide bonds. The van der Waals surface area contributed by atoms with Crippen molar-refractivity contribution in [2.75, 3.05) is 11.9 Å². The number of anilines is 1. The van der Waals surface area contributed by atoms with Crippen molar-refractivity contribution in [1.29, 1.82) is 0 Å². The summed E-state index contributed by atoms with van der Waals surface area (Å²) in [6, 6.07) is 22.6. The van der Waals surface area contributed by atoms with Crippen molar-refractivity contribution in [3.8, 4) is 0 Å². The molecule has 0 spiro atoms. The Morgan fingerprint density at radius 3 is 2.23 bits per heavy atom. The molecular weight excluding hydrogens is 400 g/mol. The average molecular weight is 425 g/mol. The van der Waals surface area contributed by atoms with E-state index in [4.69, 9.17) is 0 Å². The maximum absolute atomic E-state index is 13.1. The monoisotopic (exact) mass is 424 g/mol. The third-order valence-electron chi connectivity index (χ3n) is 4.72. The molecule has 0 bridgehead atoms. The van der Waals surface area contributed by atoms with Crippen molar-refractivity contribution in [2.24, 2.45) is 0 Å². The predicted octanol–water partition coefficient (Wildman–Crippen LogP) is 4.08. The predicted molar refractivity (Wildman–Crippen MR) is 117 cm³/mol. The van der Waals surface area contributed by atoms with Crippen molar-refractivity contribution >= 4 is 21.7 Å². The molecule has 0 aliphatic carbocycles. The highest BCUT2D eigenvalue weighted by molar-refractivity contribution is 7.89. The van der Waals surface area contributed by atoms with Gasteiger partial charge in [-0.1, -0.05) is 60.7 Å². The summed E-state index contributed by atoms with van der Waals surface area (Å²) in [5.41, 5.74) is 2.21. The van der Waals surface area contributed by atoms with Gasteiger partial charge in [-0.05, 0) is 42.7 Å². The van der Waals surface area contributed by atoms with Crippen LogP contribution in [0.2, 0.25) is 0 Å². The Labute approximate surface area is 176 Å². The van der Waals surface area contributed by atoms with E-state index >= 15 is 0 Å². The number of hydrogen-bond donors (Lipinski definition) is 3. The lowest BCUT2D eigenvalue weighted by molar-refractivity contribution is 0.0696. The Hall–Kier alpha value is -3.16. The molecule has 156 valence electrons. The normalized spacial score (nSPS) is 12.3. The fourth-order valence-electron chi connectivity index (χ4n) is 3.12. The van der Waals surface area contributed by atoms with Crippen molar-refractivity contribution in [1.82, 2.24) is 4.72 Å². The summed E-state index contributed by atoms with van der Waals surface area (Å²) in [5.74, 6) is -1.18. The molecule has 3 rings (SSSR count). The topological polar surface area (TPSA) is 95.5 Å². The first kappa shape index (κ1) is 21.5. The molecule has 0 aliphatic heterocycles. The van der Waals surface area contributed by atoms with Gasteiger partial charge in [-0.15, -0.1) is 0 Å². The number of carboxylic acid groups (broad SMARTS) is 1. The molecular formula is C23H24N2O4S. The summed E-state index contributed by atoms with van der Waals surface area (Å²) in [4.78, 5) is 11.3. The lowest BCUT2D eigenvalue weighted by Gasteiger charge is -2.18. The van der Waals surface area contributed by atoms with E-state index in [1.54, 1.807) is 6.92 Å². The largest absolute Gasteiger partial charge is 0.478 e. The van der Waals surface area contributed by atoms with Crippen LogP contribution in [0.3, 0.4) is 0 Å². The van der Waals surface area contributed by atoms with Crippen LogP contribution in [-0.4, -0.2) is 26.0 Å². The van der Waals surface area contributed by atoms with E-state index in [9.17, 15) is 18.3 Å². The first-order valence-corrected chi connectivity index (χ1v) is 11.1. The van der Waals surface area contributed by atoms with Crippen LogP contribution in [0.1, 0.15) is 34.5 Å². The zero-order valence-electron chi connectivity index (χ0n) is 16.6. The molecule has 0 saturated heterocycles. The molecule has 1 atom stereocenters. The minimum atomic E-state index is -3.97. The highest BCUT2D eigenvalue weighted by atomic mass is 32.2. The van der Waals surface area contributed by atoms with Gasteiger partial charge in [-0.3, -0.25) is 0 Å². The molecule has 0 heterocycles. The lowest BCUT2D eigenvalue weighted by Crippen LogP contribution is -2.28. The van der Waals surface area contributed by atoms with Gasteiger partial charge in [0.05, 0.1) is 11.3 Å². The van der Waals surface area contributed by atoms with E-state index in [1.807, 2.05) is 60.7 Å². The Balaban J connectivity index is 1.84. The number of carboxylic acids is 1. The highest BCUT2D eigenvalue weighted by Crippen LogP contribution is 2.25. The summed E-state index contributed by atoms with van der Waals surface area (Å²) in [6.45, 7) is 2.25. The van der Waals surface area contributed by atoms with Crippen molar-refractivity contribution in [3.63, 3.8) is 0 Å². The van der Waals surface area contributed by atoms with Crippen LogP contribution in [0.5, 0.6) is 0 Å². The molecule has 0 unspecified atom stereocenters. The maximum atomic E-state index is 13.1. The maximum Gasteiger partial charge on any atom is 0.335 e. The summed E-state index contributed by atoms with van der Waals surface area (Å²) in [6.07, 6.45) is 0.703. The summed E-state index contributed by atoms with van der Waals surface area (Å²) >= 11 is 0. The molecule has 3 N–H and O–H groups in total. The van der Waals surface area contributed by atoms with E-state index in [0.717, 1.165) is 11.1 Å². The zero-order valence-corrected chi connectivity index (χ0v) is 17.4. The van der Waals surface area contributed by atoms with Gasteiger partial charge in [-0.25, -0.2) is 17.9 Å². The van der Waals surface area contributed by atoms with Crippen LogP contribution in [-0.2, 0) is 16.4 Å². The van der Waals surface area contributed by atoms with Gasteiger partial charge < -0.3 is 10.4 Å². The minimum absolute atomic E-state index is 0.0850. The van der Waals surface area contributed by atoms with Gasteiger partial charge in [-0.2, -0.15) is 0 Å². The Morgan fingerprint density at radius 2 is 1.60 bits per heavy atom. The molecule has 30 heavy (non-hydrogen) atoms. The quantitative estimate of drug-likeness (QED) is 0.481. The fraction of sp³-hybridized carbons (Fsp3) is 0.174. The lowest BCUT2D eigenvalue weighted by atomic mass is 10.1. The second kappa shape index (κ2) is 9.56. The number of hydrogen-bond acceptors (Lipinski definition) is 4. The van der Waals surface area contributed by atoms with Crippen LogP contribution in [0.4, 0.5) is 5.69 Å². The Bertz CT molecular complexity index is 1100. The number of carbonyl (C=O) groups is 1. The van der Waals surface area contributed by atoms with E-state index in [0.29, 0.717) is 18.7 Å². The van der Waals surface area contributed by atoms with Crippen LogP contribution in [0.15, 0.2) is 83.8 Å². The number of sulfonamides is 1. The van der Waals surface area contributed by atoms with E-state index in [-0.39, 0.29) is 10.5 Å². The van der Waals surface area contributed by atoms with Crippen molar-refractivity contribution in [3.05, 3.63) is 95.6 Å². The molecule has 0 fully saturated rings. The van der Waals surface area contributed by atoms with Gasteiger partial charge in [0.1, 0.15) is 4.90 Å². The Kier molecular flexibility index (Phi) is 6.87. The summed E-state index contributed by atoms with van der Waals surface area (Å²) < 4.78 is 28.8. The minimum Gasteiger partial charge on any atom is -0.478 e. The molecule has 0 aliphatic rings. The molecule has 6 nitrogen and oxygen atoms in total. The third kappa shape index (κ3) is 5.46. The van der Waals surface area contributed by atoms with Gasteiger partial charge >= 0.3 is 5.97 Å². The SMILES string of the molecule is C[C@H](NS(=O)(=O)c1cc(C(=O)O)ccc1NCCc1ccccc1)c1ccccc1. The van der Waals surface area contributed by atoms with E-state index < -0.39 is 22.0 Å². The van der Waals surface area contributed by atoms with E-state index in [2.05, 4.69) is 10.0 Å². The van der Waals surface area contributed by atoms with Crippen molar-refractivity contribution in [2.45, 2.75) is 24.3 Å². The standard InChI is InChI=1S/C23H24N2O4S/c1-17(19-10-6-3-7-11-19)25-30(28,29)22-16-20(23(26)27)12-13-21(22)24-15-14-18-8-4-2-5-9-18/h2-13,16-17,24-25H,14-15H2,1H3,(H,26,27)/t17-/m0/s1. The molecule has 0 saturated carbocycles. The number of rotatable bonds is 9. The Morgan fingerprint density at radius 1 is 0.967 bits per heavy atom. The van der Waals surface area contributed by atoms with E-state index in [1.165, 1.54) is 18.2 Å². The number of benzene rings is 3. The third-order valence-corrected chi connectivity index (χ3v) is 6.30. The highest BCUT2D eigenvalue weighted by Gasteiger charge is 2.23.